The van der Waals surface area contributed by atoms with Gasteiger partial charge in [-0.15, -0.1) is 0 Å². The van der Waals surface area contributed by atoms with Gasteiger partial charge in [0, 0.05) is 36.3 Å². The number of aliphatic hydroxyl groups is 1. The van der Waals surface area contributed by atoms with E-state index in [2.05, 4.69) is 37.3 Å². The van der Waals surface area contributed by atoms with E-state index in [1.807, 2.05) is 36.4 Å². The zero-order valence-corrected chi connectivity index (χ0v) is 26.4. The van der Waals surface area contributed by atoms with E-state index in [4.69, 9.17) is 9.47 Å². The first kappa shape index (κ1) is 30.3. The third-order valence-electron chi connectivity index (χ3n) is 9.55. The number of hydrogen-bond donors (Lipinski definition) is 2. The van der Waals surface area contributed by atoms with Crippen molar-refractivity contribution in [2.24, 2.45) is 16.7 Å². The highest BCUT2D eigenvalue weighted by atomic mass is 32.2. The Morgan fingerprint density at radius 2 is 1.58 bits per heavy atom. The van der Waals surface area contributed by atoms with Gasteiger partial charge >= 0.3 is 0 Å². The van der Waals surface area contributed by atoms with E-state index in [0.717, 1.165) is 29.8 Å². The SMILES string of the molecule is C[C@H]1[C@@H](CN2CC3(C)CC2CC(C)(C)C3)O[C@@H](c2ccc(NS(=O)(=O)c3ccccc3)cc2)O[C@H]1c1ccc(CO)cc1. The zero-order valence-electron chi connectivity index (χ0n) is 25.6. The summed E-state index contributed by atoms with van der Waals surface area (Å²) in [6, 6.07) is 24.2. The Balaban J connectivity index is 1.24. The molecule has 2 aliphatic heterocycles. The Morgan fingerprint density at radius 1 is 0.907 bits per heavy atom. The first-order valence-corrected chi connectivity index (χ1v) is 16.8. The molecule has 2 N–H and O–H groups in total. The highest BCUT2D eigenvalue weighted by molar-refractivity contribution is 7.92. The number of likely N-dealkylation sites (tertiary alicyclic amines) is 1. The number of sulfonamides is 1. The average molecular weight is 605 g/mol. The molecule has 3 aromatic carbocycles. The molecule has 43 heavy (non-hydrogen) atoms. The summed E-state index contributed by atoms with van der Waals surface area (Å²) in [5, 5.41) is 9.57. The zero-order chi connectivity index (χ0) is 30.4. The third kappa shape index (κ3) is 6.54. The minimum atomic E-state index is -3.69. The predicted octanol–water partition coefficient (Wildman–Crippen LogP) is 6.67. The number of rotatable bonds is 8. The Kier molecular flexibility index (Phi) is 8.20. The molecule has 2 unspecified atom stereocenters. The molecule has 230 valence electrons. The molecule has 1 saturated carbocycles. The highest BCUT2D eigenvalue weighted by Crippen LogP contribution is 2.53. The maximum Gasteiger partial charge on any atom is 0.261 e. The molecule has 0 radical (unpaired) electrons. The van der Waals surface area contributed by atoms with Crippen molar-refractivity contribution in [1.82, 2.24) is 4.90 Å². The third-order valence-corrected chi connectivity index (χ3v) is 10.9. The number of benzene rings is 3. The van der Waals surface area contributed by atoms with Crippen LogP contribution in [0.5, 0.6) is 0 Å². The molecular formula is C35H44N2O5S. The molecule has 0 aromatic heterocycles. The van der Waals surface area contributed by atoms with Crippen LogP contribution in [-0.2, 0) is 26.1 Å². The van der Waals surface area contributed by atoms with E-state index in [-0.39, 0.29) is 29.6 Å². The second-order valence-electron chi connectivity index (χ2n) is 14.0. The summed E-state index contributed by atoms with van der Waals surface area (Å²) < 4.78 is 41.7. The van der Waals surface area contributed by atoms with E-state index in [1.54, 1.807) is 42.5 Å². The fourth-order valence-corrected chi connectivity index (χ4v) is 8.95. The summed E-state index contributed by atoms with van der Waals surface area (Å²) >= 11 is 0. The van der Waals surface area contributed by atoms with Crippen molar-refractivity contribution in [1.29, 1.82) is 0 Å². The molecule has 2 bridgehead atoms. The van der Waals surface area contributed by atoms with Crippen LogP contribution in [0.2, 0.25) is 0 Å². The number of ether oxygens (including phenoxy) is 2. The lowest BCUT2D eigenvalue weighted by Gasteiger charge is -2.43. The number of fused-ring (bicyclic) bond motifs is 2. The maximum absolute atomic E-state index is 12.8. The number of aliphatic hydroxyl groups excluding tert-OH is 1. The fraction of sp³-hybridized carbons (Fsp3) is 0.486. The van der Waals surface area contributed by atoms with Gasteiger partial charge in [0.1, 0.15) is 0 Å². The summed E-state index contributed by atoms with van der Waals surface area (Å²) in [5.41, 5.74) is 3.92. The van der Waals surface area contributed by atoms with Crippen molar-refractivity contribution in [3.8, 4) is 0 Å². The van der Waals surface area contributed by atoms with E-state index in [0.29, 0.717) is 22.6 Å². The Hall–Kier alpha value is -2.75. The Labute approximate surface area is 256 Å². The van der Waals surface area contributed by atoms with Crippen molar-refractivity contribution in [2.75, 3.05) is 17.8 Å². The maximum atomic E-state index is 12.8. The Bertz CT molecular complexity index is 1510. The first-order valence-electron chi connectivity index (χ1n) is 15.4. The van der Waals surface area contributed by atoms with Crippen molar-refractivity contribution in [3.05, 3.63) is 95.6 Å². The molecule has 0 amide bonds. The van der Waals surface area contributed by atoms with Crippen molar-refractivity contribution in [3.63, 3.8) is 0 Å². The monoisotopic (exact) mass is 604 g/mol. The minimum Gasteiger partial charge on any atom is -0.392 e. The average Bonchev–Trinajstić information content (AvgIpc) is 3.22. The van der Waals surface area contributed by atoms with Crippen LogP contribution in [0.1, 0.15) is 76.0 Å². The Morgan fingerprint density at radius 3 is 2.26 bits per heavy atom. The van der Waals surface area contributed by atoms with Gasteiger partial charge in [-0.1, -0.05) is 82.3 Å². The molecule has 3 aromatic rings. The number of hydrogen-bond acceptors (Lipinski definition) is 6. The molecular weight excluding hydrogens is 560 g/mol. The lowest BCUT2D eigenvalue weighted by Crippen LogP contribution is -2.46. The quantitative estimate of drug-likeness (QED) is 0.299. The van der Waals surface area contributed by atoms with Gasteiger partial charge in [0.15, 0.2) is 6.29 Å². The van der Waals surface area contributed by atoms with Gasteiger partial charge in [0.05, 0.1) is 23.7 Å². The summed E-state index contributed by atoms with van der Waals surface area (Å²) in [5.74, 6) is 0.106. The smallest absolute Gasteiger partial charge is 0.261 e. The van der Waals surface area contributed by atoms with Gasteiger partial charge in [-0.25, -0.2) is 8.42 Å². The van der Waals surface area contributed by atoms with Gasteiger partial charge in [0.25, 0.3) is 10.0 Å². The molecule has 1 aliphatic carbocycles. The van der Waals surface area contributed by atoms with Crippen LogP contribution in [0.4, 0.5) is 5.69 Å². The van der Waals surface area contributed by atoms with Crippen molar-refractivity contribution in [2.45, 2.75) is 83.0 Å². The normalized spacial score (nSPS) is 30.7. The summed E-state index contributed by atoms with van der Waals surface area (Å²) in [6.45, 7) is 11.4. The van der Waals surface area contributed by atoms with Crippen molar-refractivity contribution < 1.29 is 23.0 Å². The first-order chi connectivity index (χ1) is 20.4. The second-order valence-corrected chi connectivity index (χ2v) is 15.7. The molecule has 0 spiro atoms. The van der Waals surface area contributed by atoms with Gasteiger partial charge < -0.3 is 14.6 Å². The van der Waals surface area contributed by atoms with Crippen LogP contribution >= 0.6 is 0 Å². The van der Waals surface area contributed by atoms with Gasteiger partial charge in [0.2, 0.25) is 0 Å². The highest BCUT2D eigenvalue weighted by Gasteiger charge is 2.51. The molecule has 6 rings (SSSR count). The topological polar surface area (TPSA) is 88.1 Å². The van der Waals surface area contributed by atoms with E-state index >= 15 is 0 Å². The predicted molar refractivity (Wildman–Crippen MR) is 168 cm³/mol. The largest absolute Gasteiger partial charge is 0.392 e. The summed E-state index contributed by atoms with van der Waals surface area (Å²) in [4.78, 5) is 2.87. The van der Waals surface area contributed by atoms with E-state index in [9.17, 15) is 13.5 Å². The number of nitrogens with zero attached hydrogens (tertiary/aromatic N) is 1. The van der Waals surface area contributed by atoms with Gasteiger partial charge in [-0.05, 0) is 65.5 Å². The molecule has 2 heterocycles. The van der Waals surface area contributed by atoms with E-state index in [1.165, 1.54) is 19.3 Å². The fourth-order valence-electron chi connectivity index (χ4n) is 7.87. The van der Waals surface area contributed by atoms with Crippen LogP contribution in [0.25, 0.3) is 0 Å². The number of nitrogens with one attached hydrogen (secondary N) is 1. The molecule has 6 atom stereocenters. The van der Waals surface area contributed by atoms with Crippen molar-refractivity contribution >= 4 is 15.7 Å². The molecule has 3 aliphatic rings. The van der Waals surface area contributed by atoms with Crippen LogP contribution in [0.3, 0.4) is 0 Å². The van der Waals surface area contributed by atoms with Gasteiger partial charge in [-0.3, -0.25) is 9.62 Å². The molecule has 8 heteroatoms. The summed E-state index contributed by atoms with van der Waals surface area (Å²) in [6.07, 6.45) is 2.85. The van der Waals surface area contributed by atoms with Crippen LogP contribution in [0.15, 0.2) is 83.8 Å². The minimum absolute atomic E-state index is 0.00155. The summed E-state index contributed by atoms with van der Waals surface area (Å²) in [7, 11) is -3.69. The lowest BCUT2D eigenvalue weighted by atomic mass is 9.65. The lowest BCUT2D eigenvalue weighted by molar-refractivity contribution is -0.276. The van der Waals surface area contributed by atoms with Gasteiger partial charge in [-0.2, -0.15) is 0 Å². The number of anilines is 1. The molecule has 3 fully saturated rings. The van der Waals surface area contributed by atoms with E-state index < -0.39 is 16.3 Å². The van der Waals surface area contributed by atoms with Crippen LogP contribution in [0, 0.1) is 16.7 Å². The second kappa shape index (κ2) is 11.6. The molecule has 2 saturated heterocycles. The van der Waals surface area contributed by atoms with Crippen LogP contribution in [-0.4, -0.2) is 43.7 Å². The standard InChI is InChI=1S/C35H44N2O5S/c1-24-31(20-37-23-35(4)19-29(37)18-34(2,3)22-35)41-33(42-32(24)26-12-10-25(21-38)11-13-26)27-14-16-28(17-15-27)36-43(39,40)30-8-6-5-7-9-30/h5-17,24,29,31-33,36,38H,18-23H2,1-4H3/t24-,29?,31+,32+,33+,35?/m0/s1. The van der Waals surface area contributed by atoms with Crippen LogP contribution < -0.4 is 4.72 Å². The molecule has 7 nitrogen and oxygen atoms in total.